The van der Waals surface area contributed by atoms with E-state index in [4.69, 9.17) is 10.5 Å². The lowest BCUT2D eigenvalue weighted by atomic mass is 9.97. The van der Waals surface area contributed by atoms with Gasteiger partial charge in [0, 0.05) is 6.42 Å². The highest BCUT2D eigenvalue weighted by molar-refractivity contribution is 5.91. The van der Waals surface area contributed by atoms with Gasteiger partial charge in [0.15, 0.2) is 0 Å². The molecule has 1 heterocycles. The van der Waals surface area contributed by atoms with Gasteiger partial charge in [0.05, 0.1) is 19.0 Å². The summed E-state index contributed by atoms with van der Waals surface area (Å²) in [6.45, 7) is 2.01. The Hall–Kier alpha value is -2.56. The van der Waals surface area contributed by atoms with Crippen molar-refractivity contribution in [3.05, 3.63) is 48.2 Å². The van der Waals surface area contributed by atoms with Gasteiger partial charge in [-0.05, 0) is 35.7 Å². The summed E-state index contributed by atoms with van der Waals surface area (Å²) in [5, 5.41) is 2.81. The Morgan fingerprint density at radius 2 is 2.19 bits per heavy atom. The number of amides is 1. The van der Waals surface area contributed by atoms with Crippen LogP contribution in [0.15, 0.2) is 42.6 Å². The molecule has 0 spiro atoms. The Kier molecular flexibility index (Phi) is 4.77. The average Bonchev–Trinajstić information content (AvgIpc) is 2.49. The summed E-state index contributed by atoms with van der Waals surface area (Å²) >= 11 is 0. The third-order valence-electron chi connectivity index (χ3n) is 3.22. The smallest absolute Gasteiger partial charge is 0.225 e. The topological polar surface area (TPSA) is 77.2 Å². The number of nitrogens with zero attached hydrogens (tertiary/aromatic N) is 1. The van der Waals surface area contributed by atoms with E-state index in [1.807, 2.05) is 31.2 Å². The van der Waals surface area contributed by atoms with Crippen LogP contribution in [0.1, 0.15) is 24.8 Å². The van der Waals surface area contributed by atoms with E-state index in [0.717, 1.165) is 11.3 Å². The summed E-state index contributed by atoms with van der Waals surface area (Å²) in [6, 6.07) is 11.1. The lowest BCUT2D eigenvalue weighted by Gasteiger charge is -2.13. The van der Waals surface area contributed by atoms with Crippen molar-refractivity contribution in [2.24, 2.45) is 0 Å². The molecule has 21 heavy (non-hydrogen) atoms. The molecule has 0 radical (unpaired) electrons. The van der Waals surface area contributed by atoms with Gasteiger partial charge in [-0.1, -0.05) is 19.1 Å². The van der Waals surface area contributed by atoms with Gasteiger partial charge in [-0.25, -0.2) is 4.98 Å². The van der Waals surface area contributed by atoms with Gasteiger partial charge >= 0.3 is 0 Å². The number of nitrogens with two attached hydrogens (primary N) is 1. The van der Waals surface area contributed by atoms with Gasteiger partial charge in [0.2, 0.25) is 5.91 Å². The molecule has 0 fully saturated rings. The van der Waals surface area contributed by atoms with E-state index < -0.39 is 0 Å². The Balaban J connectivity index is 1.96. The fourth-order valence-electron chi connectivity index (χ4n) is 2.04. The number of hydrogen-bond donors (Lipinski definition) is 2. The number of nitrogens with one attached hydrogen (secondary N) is 1. The predicted octanol–water partition coefficient (Wildman–Crippen LogP) is 2.80. The zero-order valence-electron chi connectivity index (χ0n) is 12.2. The molecular formula is C16H19N3O2. The zero-order valence-corrected chi connectivity index (χ0v) is 12.2. The number of nitrogen functional groups attached to an aromatic ring is 1. The van der Waals surface area contributed by atoms with Gasteiger partial charge in [0.1, 0.15) is 11.6 Å². The number of hydrogen-bond acceptors (Lipinski definition) is 4. The number of pyridine rings is 1. The maximum atomic E-state index is 12.0. The minimum absolute atomic E-state index is 0.0584. The van der Waals surface area contributed by atoms with Gasteiger partial charge in [0.25, 0.3) is 0 Å². The normalized spacial score (nSPS) is 11.7. The van der Waals surface area contributed by atoms with E-state index in [1.165, 1.54) is 0 Å². The highest BCUT2D eigenvalue weighted by Gasteiger charge is 2.12. The summed E-state index contributed by atoms with van der Waals surface area (Å²) < 4.78 is 5.20. The van der Waals surface area contributed by atoms with E-state index in [-0.39, 0.29) is 11.8 Å². The van der Waals surface area contributed by atoms with Crippen LogP contribution >= 0.6 is 0 Å². The standard InChI is InChI=1S/C16H19N3O2/c1-11(12-4-3-5-14(9-12)21-2)8-16(20)19-13-6-7-15(17)18-10-13/h3-7,9-11H,8H2,1-2H3,(H2,17,18)(H,19,20). The number of aromatic nitrogens is 1. The number of carbonyl (C=O) groups is 1. The predicted molar refractivity (Wildman–Crippen MR) is 83.3 cm³/mol. The van der Waals surface area contributed by atoms with Crippen molar-refractivity contribution >= 4 is 17.4 Å². The van der Waals surface area contributed by atoms with E-state index in [9.17, 15) is 4.79 Å². The second kappa shape index (κ2) is 6.74. The Bertz CT molecular complexity index is 611. The van der Waals surface area contributed by atoms with Crippen molar-refractivity contribution in [1.29, 1.82) is 0 Å². The SMILES string of the molecule is COc1cccc(C(C)CC(=O)Nc2ccc(N)nc2)c1. The lowest BCUT2D eigenvalue weighted by molar-refractivity contribution is -0.116. The summed E-state index contributed by atoms with van der Waals surface area (Å²) in [7, 11) is 1.63. The van der Waals surface area contributed by atoms with Crippen LogP contribution in [-0.2, 0) is 4.79 Å². The fourth-order valence-corrected chi connectivity index (χ4v) is 2.04. The molecular weight excluding hydrogens is 266 g/mol. The van der Waals surface area contributed by atoms with Crippen LogP contribution < -0.4 is 15.8 Å². The van der Waals surface area contributed by atoms with Crippen LogP contribution in [-0.4, -0.2) is 18.0 Å². The van der Waals surface area contributed by atoms with E-state index in [0.29, 0.717) is 17.9 Å². The first-order valence-electron chi connectivity index (χ1n) is 6.74. The first-order valence-corrected chi connectivity index (χ1v) is 6.74. The first kappa shape index (κ1) is 14.8. The maximum Gasteiger partial charge on any atom is 0.225 e. The molecule has 0 aliphatic carbocycles. The minimum Gasteiger partial charge on any atom is -0.497 e. The molecule has 0 aliphatic heterocycles. The van der Waals surface area contributed by atoms with Crippen molar-refractivity contribution in [3.63, 3.8) is 0 Å². The van der Waals surface area contributed by atoms with Gasteiger partial charge < -0.3 is 15.8 Å². The molecule has 5 nitrogen and oxygen atoms in total. The van der Waals surface area contributed by atoms with Gasteiger partial charge in [-0.2, -0.15) is 0 Å². The van der Waals surface area contributed by atoms with Crippen LogP contribution in [0.4, 0.5) is 11.5 Å². The summed E-state index contributed by atoms with van der Waals surface area (Å²) in [5.74, 6) is 1.26. The Morgan fingerprint density at radius 3 is 2.86 bits per heavy atom. The molecule has 1 atom stereocenters. The Morgan fingerprint density at radius 1 is 1.38 bits per heavy atom. The van der Waals surface area contributed by atoms with Crippen LogP contribution in [0.25, 0.3) is 0 Å². The number of rotatable bonds is 5. The molecule has 2 rings (SSSR count). The molecule has 0 saturated carbocycles. The molecule has 1 aromatic heterocycles. The van der Waals surface area contributed by atoms with E-state index in [1.54, 1.807) is 25.4 Å². The van der Waals surface area contributed by atoms with Crippen molar-refractivity contribution in [2.75, 3.05) is 18.2 Å². The summed E-state index contributed by atoms with van der Waals surface area (Å²) in [5.41, 5.74) is 7.22. The van der Waals surface area contributed by atoms with Crippen LogP contribution in [0.5, 0.6) is 5.75 Å². The molecule has 3 N–H and O–H groups in total. The largest absolute Gasteiger partial charge is 0.497 e. The maximum absolute atomic E-state index is 12.0. The van der Waals surface area contributed by atoms with Crippen molar-refractivity contribution in [2.45, 2.75) is 19.3 Å². The fraction of sp³-hybridized carbons (Fsp3) is 0.250. The molecule has 1 unspecified atom stereocenters. The quantitative estimate of drug-likeness (QED) is 0.885. The van der Waals surface area contributed by atoms with E-state index in [2.05, 4.69) is 10.3 Å². The molecule has 0 aliphatic rings. The molecule has 110 valence electrons. The monoisotopic (exact) mass is 285 g/mol. The van der Waals surface area contributed by atoms with Crippen LogP contribution in [0, 0.1) is 0 Å². The zero-order chi connectivity index (χ0) is 15.2. The number of carbonyl (C=O) groups excluding carboxylic acids is 1. The third-order valence-corrected chi connectivity index (χ3v) is 3.22. The lowest BCUT2D eigenvalue weighted by Crippen LogP contribution is -2.14. The van der Waals surface area contributed by atoms with E-state index >= 15 is 0 Å². The molecule has 0 bridgehead atoms. The number of ether oxygens (including phenoxy) is 1. The van der Waals surface area contributed by atoms with Crippen molar-refractivity contribution in [3.8, 4) is 5.75 Å². The molecule has 1 aromatic carbocycles. The molecule has 2 aromatic rings. The van der Waals surface area contributed by atoms with Crippen LogP contribution in [0.2, 0.25) is 0 Å². The average molecular weight is 285 g/mol. The first-order chi connectivity index (χ1) is 10.1. The molecule has 0 saturated heterocycles. The van der Waals surface area contributed by atoms with Gasteiger partial charge in [-0.15, -0.1) is 0 Å². The number of benzene rings is 1. The minimum atomic E-state index is -0.0584. The second-order valence-corrected chi connectivity index (χ2v) is 4.90. The summed E-state index contributed by atoms with van der Waals surface area (Å²) in [4.78, 5) is 16.0. The molecule has 1 amide bonds. The molecule has 5 heteroatoms. The highest BCUT2D eigenvalue weighted by atomic mass is 16.5. The van der Waals surface area contributed by atoms with Crippen molar-refractivity contribution < 1.29 is 9.53 Å². The number of anilines is 2. The van der Waals surface area contributed by atoms with Gasteiger partial charge in [-0.3, -0.25) is 4.79 Å². The Labute approximate surface area is 124 Å². The van der Waals surface area contributed by atoms with Crippen molar-refractivity contribution in [1.82, 2.24) is 4.98 Å². The number of methoxy groups -OCH3 is 1. The second-order valence-electron chi connectivity index (χ2n) is 4.90. The highest BCUT2D eigenvalue weighted by Crippen LogP contribution is 2.23. The van der Waals surface area contributed by atoms with Crippen LogP contribution in [0.3, 0.4) is 0 Å². The summed E-state index contributed by atoms with van der Waals surface area (Å²) in [6.07, 6.45) is 1.93. The third kappa shape index (κ3) is 4.21.